The van der Waals surface area contributed by atoms with E-state index in [1.807, 2.05) is 23.1 Å². The molecule has 1 aliphatic rings. The molecular formula is C20H27ClN4O2. The summed E-state index contributed by atoms with van der Waals surface area (Å²) in [5, 5.41) is 4.60. The summed E-state index contributed by atoms with van der Waals surface area (Å²) in [4.78, 5) is 21.2. The maximum absolute atomic E-state index is 12.6. The quantitative estimate of drug-likeness (QED) is 0.753. The Bertz CT molecular complexity index is 762. The zero-order chi connectivity index (χ0) is 19.2. The van der Waals surface area contributed by atoms with Crippen LogP contribution in [0.4, 0.5) is 0 Å². The highest BCUT2D eigenvalue weighted by Gasteiger charge is 2.23. The van der Waals surface area contributed by atoms with Gasteiger partial charge in [0.05, 0.1) is 5.02 Å². The minimum absolute atomic E-state index is 0.217. The van der Waals surface area contributed by atoms with Crippen LogP contribution in [0.15, 0.2) is 28.8 Å². The van der Waals surface area contributed by atoms with Crippen LogP contribution >= 0.6 is 11.6 Å². The molecule has 2 aromatic rings. The van der Waals surface area contributed by atoms with Gasteiger partial charge in [0.25, 0.3) is 0 Å². The summed E-state index contributed by atoms with van der Waals surface area (Å²) in [5.41, 5.74) is 0.754. The molecule has 7 heteroatoms. The number of carbonyl (C=O) groups is 1. The number of aryl methyl sites for hydroxylation is 1. The van der Waals surface area contributed by atoms with Crippen LogP contribution in [0.1, 0.15) is 38.0 Å². The lowest BCUT2D eigenvalue weighted by atomic mass is 10.1. The number of hydrogen-bond donors (Lipinski definition) is 0. The average molecular weight is 391 g/mol. The molecule has 0 unspecified atom stereocenters. The summed E-state index contributed by atoms with van der Waals surface area (Å²) < 4.78 is 5.32. The largest absolute Gasteiger partial charge is 0.341 e. The number of hydrogen-bond acceptors (Lipinski definition) is 5. The van der Waals surface area contributed by atoms with E-state index in [9.17, 15) is 4.79 Å². The van der Waals surface area contributed by atoms with Crippen molar-refractivity contribution >= 4 is 17.5 Å². The van der Waals surface area contributed by atoms with Crippen molar-refractivity contribution in [2.45, 2.75) is 44.6 Å². The van der Waals surface area contributed by atoms with Crippen molar-refractivity contribution in [1.82, 2.24) is 19.9 Å². The lowest BCUT2D eigenvalue weighted by Crippen LogP contribution is -2.41. The van der Waals surface area contributed by atoms with Crippen molar-refractivity contribution in [1.29, 1.82) is 0 Å². The first-order valence-corrected chi connectivity index (χ1v) is 9.94. The van der Waals surface area contributed by atoms with Crippen LogP contribution < -0.4 is 0 Å². The third kappa shape index (κ3) is 5.30. The molecule has 0 N–H and O–H groups in total. The van der Waals surface area contributed by atoms with Gasteiger partial charge in [-0.25, -0.2) is 0 Å². The minimum Gasteiger partial charge on any atom is -0.341 e. The topological polar surface area (TPSA) is 62.5 Å². The van der Waals surface area contributed by atoms with Crippen molar-refractivity contribution in [2.75, 3.05) is 27.2 Å². The molecule has 1 aliphatic heterocycles. The Hall–Kier alpha value is -1.92. The van der Waals surface area contributed by atoms with Gasteiger partial charge in [-0.05, 0) is 45.5 Å². The molecule has 3 rings (SSSR count). The molecule has 0 aliphatic carbocycles. The van der Waals surface area contributed by atoms with Gasteiger partial charge in [0.2, 0.25) is 17.6 Å². The predicted octanol–water partition coefficient (Wildman–Crippen LogP) is 3.66. The van der Waals surface area contributed by atoms with E-state index in [-0.39, 0.29) is 5.91 Å². The van der Waals surface area contributed by atoms with E-state index in [1.165, 1.54) is 6.42 Å². The van der Waals surface area contributed by atoms with Gasteiger partial charge >= 0.3 is 0 Å². The van der Waals surface area contributed by atoms with Gasteiger partial charge in [-0.3, -0.25) is 4.79 Å². The van der Waals surface area contributed by atoms with E-state index in [4.69, 9.17) is 16.1 Å². The summed E-state index contributed by atoms with van der Waals surface area (Å²) in [5.74, 6) is 1.25. The van der Waals surface area contributed by atoms with Crippen LogP contribution in [0.5, 0.6) is 0 Å². The fourth-order valence-electron chi connectivity index (χ4n) is 3.42. The molecule has 1 atom stereocenters. The Morgan fingerprint density at radius 1 is 1.33 bits per heavy atom. The number of nitrogens with zero attached hydrogens (tertiary/aromatic N) is 4. The lowest BCUT2D eigenvalue weighted by Gasteiger charge is -2.28. The molecule has 2 heterocycles. The number of aromatic nitrogens is 2. The summed E-state index contributed by atoms with van der Waals surface area (Å²) in [6.45, 7) is 1.68. The van der Waals surface area contributed by atoms with E-state index < -0.39 is 0 Å². The van der Waals surface area contributed by atoms with Crippen molar-refractivity contribution in [3.63, 3.8) is 0 Å². The fraction of sp³-hybridized carbons (Fsp3) is 0.550. The highest BCUT2D eigenvalue weighted by atomic mass is 35.5. The Balaban J connectivity index is 1.51. The number of amides is 1. The SMILES string of the molecule is CN(C)[C@H]1CCCCN(C(=O)CCCc2nc(-c3ccccc3Cl)no2)C1. The Labute approximate surface area is 165 Å². The zero-order valence-corrected chi connectivity index (χ0v) is 16.8. The molecule has 1 saturated heterocycles. The summed E-state index contributed by atoms with van der Waals surface area (Å²) in [6.07, 6.45) is 5.22. The number of halogens is 1. The number of benzene rings is 1. The third-order valence-electron chi connectivity index (χ3n) is 5.09. The van der Waals surface area contributed by atoms with Crippen LogP contribution in [0.25, 0.3) is 11.4 Å². The minimum atomic E-state index is 0.217. The van der Waals surface area contributed by atoms with Crippen molar-refractivity contribution in [3.05, 3.63) is 35.2 Å². The Kier molecular flexibility index (Phi) is 6.85. The van der Waals surface area contributed by atoms with Crippen molar-refractivity contribution < 1.29 is 9.32 Å². The monoisotopic (exact) mass is 390 g/mol. The van der Waals surface area contributed by atoms with Crippen molar-refractivity contribution in [3.8, 4) is 11.4 Å². The first-order valence-electron chi connectivity index (χ1n) is 9.56. The molecule has 1 fully saturated rings. The van der Waals surface area contributed by atoms with Gasteiger partial charge in [-0.15, -0.1) is 0 Å². The van der Waals surface area contributed by atoms with E-state index in [1.54, 1.807) is 6.07 Å². The van der Waals surface area contributed by atoms with E-state index >= 15 is 0 Å². The standard InChI is InChI=1S/C20H27ClN4O2/c1-24(2)15-8-5-6-13-25(14-15)19(26)12-7-11-18-22-20(23-27-18)16-9-3-4-10-17(16)21/h3-4,9-10,15H,5-8,11-14H2,1-2H3/t15-/m0/s1. The highest BCUT2D eigenvalue weighted by molar-refractivity contribution is 6.33. The molecule has 1 aromatic carbocycles. The molecule has 1 amide bonds. The summed E-state index contributed by atoms with van der Waals surface area (Å²) in [6, 6.07) is 7.86. The number of carbonyl (C=O) groups excluding carboxylic acids is 1. The van der Waals surface area contributed by atoms with Crippen molar-refractivity contribution in [2.24, 2.45) is 0 Å². The number of likely N-dealkylation sites (tertiary alicyclic amines) is 1. The van der Waals surface area contributed by atoms with Crippen LogP contribution in [0.3, 0.4) is 0 Å². The lowest BCUT2D eigenvalue weighted by molar-refractivity contribution is -0.131. The highest BCUT2D eigenvalue weighted by Crippen LogP contribution is 2.25. The fourth-order valence-corrected chi connectivity index (χ4v) is 3.65. The first-order chi connectivity index (χ1) is 13.0. The molecule has 146 valence electrons. The van der Waals surface area contributed by atoms with Gasteiger partial charge in [-0.1, -0.05) is 35.3 Å². The maximum Gasteiger partial charge on any atom is 0.226 e. The third-order valence-corrected chi connectivity index (χ3v) is 5.42. The smallest absolute Gasteiger partial charge is 0.226 e. The summed E-state index contributed by atoms with van der Waals surface area (Å²) in [7, 11) is 4.18. The van der Waals surface area contributed by atoms with Crippen LogP contribution in [0, 0.1) is 0 Å². The summed E-state index contributed by atoms with van der Waals surface area (Å²) >= 11 is 6.17. The molecule has 1 aromatic heterocycles. The molecule has 0 radical (unpaired) electrons. The van der Waals surface area contributed by atoms with Crippen LogP contribution in [-0.4, -0.2) is 59.1 Å². The first kappa shape index (κ1) is 19.8. The molecule has 0 bridgehead atoms. The second-order valence-electron chi connectivity index (χ2n) is 7.30. The maximum atomic E-state index is 12.6. The second-order valence-corrected chi connectivity index (χ2v) is 7.71. The van der Waals surface area contributed by atoms with Gasteiger partial charge in [0, 0.05) is 37.5 Å². The van der Waals surface area contributed by atoms with Crippen LogP contribution in [-0.2, 0) is 11.2 Å². The van der Waals surface area contributed by atoms with E-state index in [0.717, 1.165) is 31.5 Å². The van der Waals surface area contributed by atoms with Gasteiger partial charge < -0.3 is 14.3 Å². The molecular weight excluding hydrogens is 364 g/mol. The molecule has 6 nitrogen and oxygen atoms in total. The number of likely N-dealkylation sites (N-methyl/N-ethyl adjacent to an activating group) is 1. The van der Waals surface area contributed by atoms with Crippen LogP contribution in [0.2, 0.25) is 5.02 Å². The second kappa shape index (κ2) is 9.33. The Morgan fingerprint density at radius 2 is 2.15 bits per heavy atom. The van der Waals surface area contributed by atoms with Gasteiger partial charge in [0.15, 0.2) is 0 Å². The zero-order valence-electron chi connectivity index (χ0n) is 16.0. The predicted molar refractivity (Wildman–Crippen MR) is 106 cm³/mol. The van der Waals surface area contributed by atoms with E-state index in [0.29, 0.717) is 42.0 Å². The molecule has 0 spiro atoms. The molecule has 0 saturated carbocycles. The van der Waals surface area contributed by atoms with E-state index in [2.05, 4.69) is 29.1 Å². The van der Waals surface area contributed by atoms with Gasteiger partial charge in [-0.2, -0.15) is 4.98 Å². The number of rotatable bonds is 6. The average Bonchev–Trinajstić information content (AvgIpc) is 2.96. The Morgan fingerprint density at radius 3 is 2.93 bits per heavy atom. The normalized spacial score (nSPS) is 17.9. The van der Waals surface area contributed by atoms with Gasteiger partial charge in [0.1, 0.15) is 0 Å². The molecule has 27 heavy (non-hydrogen) atoms.